The first kappa shape index (κ1) is 31.4. The van der Waals surface area contributed by atoms with Crippen molar-refractivity contribution in [3.05, 3.63) is 229 Å². The highest BCUT2D eigenvalue weighted by Crippen LogP contribution is 2.56. The van der Waals surface area contributed by atoms with Crippen molar-refractivity contribution < 1.29 is 0 Å². The van der Waals surface area contributed by atoms with Gasteiger partial charge in [-0.25, -0.2) is 9.97 Å². The fourth-order valence-corrected chi connectivity index (χ4v) is 9.14. The van der Waals surface area contributed by atoms with Crippen LogP contribution in [0.25, 0.3) is 77.3 Å². The largest absolute Gasteiger partial charge is 0.228 e. The lowest BCUT2D eigenvalue weighted by Gasteiger charge is -2.33. The molecule has 9 aromatic carbocycles. The first-order chi connectivity index (χ1) is 27.3. The second-order valence-corrected chi connectivity index (χ2v) is 14.5. The lowest BCUT2D eigenvalue weighted by Crippen LogP contribution is -2.28. The van der Waals surface area contributed by atoms with Crippen LogP contribution in [-0.4, -0.2) is 9.97 Å². The summed E-state index contributed by atoms with van der Waals surface area (Å²) in [6.07, 6.45) is 0. The number of benzene rings is 9. The third-order valence-electron chi connectivity index (χ3n) is 11.5. The Morgan fingerprint density at radius 1 is 0.327 bits per heavy atom. The molecule has 0 aliphatic heterocycles. The Bertz CT molecular complexity index is 3040. The molecule has 0 bridgehead atoms. The molecule has 1 heterocycles. The van der Waals surface area contributed by atoms with Gasteiger partial charge in [0.05, 0.1) is 16.8 Å². The van der Waals surface area contributed by atoms with E-state index < -0.39 is 5.41 Å². The van der Waals surface area contributed by atoms with Crippen LogP contribution in [0, 0.1) is 0 Å². The highest BCUT2D eigenvalue weighted by Gasteiger charge is 2.46. The van der Waals surface area contributed by atoms with Crippen LogP contribution in [0.4, 0.5) is 0 Å². The molecule has 256 valence electrons. The molecule has 1 aliphatic carbocycles. The Kier molecular flexibility index (Phi) is 7.11. The summed E-state index contributed by atoms with van der Waals surface area (Å²) in [5.41, 5.74) is 12.1. The van der Waals surface area contributed by atoms with Gasteiger partial charge in [-0.3, -0.25) is 0 Å². The second-order valence-electron chi connectivity index (χ2n) is 14.5. The maximum atomic E-state index is 5.38. The molecule has 0 spiro atoms. The van der Waals surface area contributed by atoms with E-state index >= 15 is 0 Å². The molecule has 1 aliphatic rings. The van der Waals surface area contributed by atoms with E-state index in [2.05, 4.69) is 200 Å². The number of rotatable bonds is 5. The zero-order chi connectivity index (χ0) is 36.3. The number of aromatic nitrogens is 2. The average Bonchev–Trinajstić information content (AvgIpc) is 3.57. The predicted octanol–water partition coefficient (Wildman–Crippen LogP) is 13.3. The van der Waals surface area contributed by atoms with Crippen molar-refractivity contribution in [3.63, 3.8) is 0 Å². The predicted molar refractivity (Wildman–Crippen MR) is 228 cm³/mol. The van der Waals surface area contributed by atoms with E-state index in [0.29, 0.717) is 5.82 Å². The molecular weight excluding hydrogens is 665 g/mol. The molecule has 0 N–H and O–H groups in total. The van der Waals surface area contributed by atoms with Crippen LogP contribution in [0.3, 0.4) is 0 Å². The van der Waals surface area contributed by atoms with E-state index in [9.17, 15) is 0 Å². The Morgan fingerprint density at radius 3 is 1.69 bits per heavy atom. The molecule has 55 heavy (non-hydrogen) atoms. The molecule has 0 fully saturated rings. The van der Waals surface area contributed by atoms with Gasteiger partial charge in [-0.1, -0.05) is 188 Å². The van der Waals surface area contributed by atoms with Crippen LogP contribution in [0.1, 0.15) is 22.3 Å². The minimum atomic E-state index is -0.455. The van der Waals surface area contributed by atoms with Gasteiger partial charge in [0.2, 0.25) is 0 Å². The summed E-state index contributed by atoms with van der Waals surface area (Å²) in [6.45, 7) is 0. The third-order valence-corrected chi connectivity index (χ3v) is 11.5. The van der Waals surface area contributed by atoms with Crippen molar-refractivity contribution in [2.75, 3.05) is 0 Å². The summed E-state index contributed by atoms with van der Waals surface area (Å²) in [5, 5.41) is 7.23. The van der Waals surface area contributed by atoms with Crippen molar-refractivity contribution >= 4 is 32.3 Å². The van der Waals surface area contributed by atoms with Gasteiger partial charge in [-0.05, 0) is 83.9 Å². The molecule has 11 rings (SSSR count). The van der Waals surface area contributed by atoms with E-state index in [-0.39, 0.29) is 0 Å². The molecule has 0 saturated carbocycles. The topological polar surface area (TPSA) is 25.8 Å². The highest BCUT2D eigenvalue weighted by molar-refractivity contribution is 6.19. The number of hydrogen-bond donors (Lipinski definition) is 0. The molecular formula is C53H34N2. The van der Waals surface area contributed by atoms with E-state index in [1.54, 1.807) is 0 Å². The van der Waals surface area contributed by atoms with Crippen molar-refractivity contribution in [3.8, 4) is 45.0 Å². The van der Waals surface area contributed by atoms with Crippen LogP contribution in [0.15, 0.2) is 206 Å². The number of fused-ring (bicyclic) bond motifs is 7. The van der Waals surface area contributed by atoms with Gasteiger partial charge in [0, 0.05) is 16.7 Å². The average molecular weight is 699 g/mol. The quantitative estimate of drug-likeness (QED) is 0.132. The highest BCUT2D eigenvalue weighted by atomic mass is 14.9. The summed E-state index contributed by atoms with van der Waals surface area (Å²) in [7, 11) is 0. The van der Waals surface area contributed by atoms with Crippen LogP contribution in [-0.2, 0) is 5.41 Å². The molecule has 0 radical (unpaired) electrons. The Balaban J connectivity index is 1.19. The maximum Gasteiger partial charge on any atom is 0.160 e. The van der Waals surface area contributed by atoms with Crippen LogP contribution in [0.5, 0.6) is 0 Å². The molecule has 10 aromatic rings. The monoisotopic (exact) mass is 698 g/mol. The minimum Gasteiger partial charge on any atom is -0.228 e. The summed E-state index contributed by atoms with van der Waals surface area (Å²) in [6, 6.07) is 74.5. The molecule has 2 heteroatoms. The zero-order valence-electron chi connectivity index (χ0n) is 30.0. The van der Waals surface area contributed by atoms with Crippen molar-refractivity contribution in [1.82, 2.24) is 9.97 Å². The molecule has 2 nitrogen and oxygen atoms in total. The van der Waals surface area contributed by atoms with Crippen molar-refractivity contribution in [1.29, 1.82) is 0 Å². The maximum absolute atomic E-state index is 5.38. The molecule has 1 aromatic heterocycles. The van der Waals surface area contributed by atoms with E-state index in [4.69, 9.17) is 9.97 Å². The SMILES string of the molecule is c1ccc(-c2nc(-c3ccc4c(c3)-c3ccccc3C4(c3ccccc3)c3ccccc3)cc(-c3c4ccccc4cc4c3ccc3ccccc34)n2)cc1. The Labute approximate surface area is 320 Å². The summed E-state index contributed by atoms with van der Waals surface area (Å²) in [4.78, 5) is 10.7. The first-order valence-electron chi connectivity index (χ1n) is 18.9. The number of nitrogens with zero attached hydrogens (tertiary/aromatic N) is 2. The first-order valence-corrected chi connectivity index (χ1v) is 18.9. The normalized spacial score (nSPS) is 12.9. The minimum absolute atomic E-state index is 0.455. The second kappa shape index (κ2) is 12.5. The zero-order valence-corrected chi connectivity index (χ0v) is 30.0. The fourth-order valence-electron chi connectivity index (χ4n) is 9.14. The fraction of sp³-hybridized carbons (Fsp3) is 0.0189. The van der Waals surface area contributed by atoms with Crippen molar-refractivity contribution in [2.45, 2.75) is 5.41 Å². The lowest BCUT2D eigenvalue weighted by atomic mass is 9.67. The number of hydrogen-bond acceptors (Lipinski definition) is 2. The van der Waals surface area contributed by atoms with Gasteiger partial charge in [-0.2, -0.15) is 0 Å². The third kappa shape index (κ3) is 4.82. The van der Waals surface area contributed by atoms with Gasteiger partial charge in [0.25, 0.3) is 0 Å². The Hall–Kier alpha value is -7.16. The van der Waals surface area contributed by atoms with Crippen LogP contribution in [0.2, 0.25) is 0 Å². The lowest BCUT2D eigenvalue weighted by molar-refractivity contribution is 0.768. The summed E-state index contributed by atoms with van der Waals surface area (Å²) < 4.78 is 0. The van der Waals surface area contributed by atoms with E-state index in [0.717, 1.165) is 28.1 Å². The molecule has 0 amide bonds. The van der Waals surface area contributed by atoms with E-state index in [1.807, 2.05) is 6.07 Å². The van der Waals surface area contributed by atoms with Crippen LogP contribution >= 0.6 is 0 Å². The van der Waals surface area contributed by atoms with Gasteiger partial charge in [-0.15, -0.1) is 0 Å². The van der Waals surface area contributed by atoms with E-state index in [1.165, 1.54) is 65.7 Å². The van der Waals surface area contributed by atoms with Gasteiger partial charge in [0.1, 0.15) is 0 Å². The molecule has 0 unspecified atom stereocenters. The molecule has 0 saturated heterocycles. The van der Waals surface area contributed by atoms with Gasteiger partial charge in [0.15, 0.2) is 5.82 Å². The van der Waals surface area contributed by atoms with Crippen molar-refractivity contribution in [2.24, 2.45) is 0 Å². The van der Waals surface area contributed by atoms with Crippen LogP contribution < -0.4 is 0 Å². The summed E-state index contributed by atoms with van der Waals surface area (Å²) in [5.74, 6) is 0.707. The standard InChI is InChI=1S/C53H34N2/c1-4-17-36(18-5-1)52-54-49(34-50(55-52)51-42-25-13-11-19-37(42)32-45-41-24-12-10-16-35(41)28-30-44(45)51)38-29-31-48-46(33-38)43-26-14-15-27-47(43)53(48,39-20-6-2-7-21-39)40-22-8-3-9-23-40/h1-34H. The smallest absolute Gasteiger partial charge is 0.160 e. The molecule has 0 atom stereocenters. The summed E-state index contributed by atoms with van der Waals surface area (Å²) >= 11 is 0. The van der Waals surface area contributed by atoms with Gasteiger partial charge >= 0.3 is 0 Å². The Morgan fingerprint density at radius 2 is 0.927 bits per heavy atom. The van der Waals surface area contributed by atoms with Gasteiger partial charge < -0.3 is 0 Å².